The summed E-state index contributed by atoms with van der Waals surface area (Å²) < 4.78 is 11.9. The maximum Gasteiger partial charge on any atom is 0.407 e. The van der Waals surface area contributed by atoms with Crippen molar-refractivity contribution in [3.63, 3.8) is 0 Å². The third kappa shape index (κ3) is 8.06. The number of Topliss-reactive ketones (excluding diaryl/α,β-unsaturated/α-hetero) is 1. The Balaban J connectivity index is 1.72. The molecular formula is C27H34N6O6. The van der Waals surface area contributed by atoms with Gasteiger partial charge < -0.3 is 24.3 Å². The average Bonchev–Trinajstić information content (AvgIpc) is 3.31. The molecule has 1 N–H and O–H groups in total. The highest BCUT2D eigenvalue weighted by Gasteiger charge is 2.24. The van der Waals surface area contributed by atoms with E-state index in [1.54, 1.807) is 38.5 Å². The van der Waals surface area contributed by atoms with E-state index in [4.69, 9.17) is 4.74 Å². The van der Waals surface area contributed by atoms with E-state index in [2.05, 4.69) is 25.0 Å². The minimum Gasteiger partial charge on any atom is -0.473 e. The van der Waals surface area contributed by atoms with Gasteiger partial charge in [0.1, 0.15) is 12.0 Å². The van der Waals surface area contributed by atoms with Crippen LogP contribution < -0.4 is 15.6 Å². The molecule has 0 aromatic carbocycles. The fourth-order valence-corrected chi connectivity index (χ4v) is 3.89. The second kappa shape index (κ2) is 13.4. The summed E-state index contributed by atoms with van der Waals surface area (Å²) in [4.78, 5) is 64.4. The number of ether oxygens (including phenoxy) is 2. The largest absolute Gasteiger partial charge is 0.473 e. The van der Waals surface area contributed by atoms with E-state index < -0.39 is 12.1 Å². The zero-order valence-corrected chi connectivity index (χ0v) is 22.8. The van der Waals surface area contributed by atoms with Gasteiger partial charge in [-0.05, 0) is 38.8 Å². The van der Waals surface area contributed by atoms with Gasteiger partial charge in [-0.15, -0.1) is 0 Å². The Morgan fingerprint density at radius 2 is 2.00 bits per heavy atom. The summed E-state index contributed by atoms with van der Waals surface area (Å²) >= 11 is 0. The van der Waals surface area contributed by atoms with Crippen LogP contribution in [0.4, 0.5) is 10.5 Å². The number of fused-ring (bicyclic) bond motifs is 1. The van der Waals surface area contributed by atoms with E-state index in [-0.39, 0.29) is 48.3 Å². The van der Waals surface area contributed by atoms with Gasteiger partial charge in [0, 0.05) is 44.4 Å². The molecule has 1 aliphatic rings. The highest BCUT2D eigenvalue weighted by atomic mass is 16.5. The average molecular weight is 539 g/mol. The van der Waals surface area contributed by atoms with Gasteiger partial charge in [0.05, 0.1) is 31.5 Å². The van der Waals surface area contributed by atoms with Gasteiger partial charge in [-0.25, -0.2) is 14.8 Å². The molecule has 1 aliphatic heterocycles. The molecule has 0 fully saturated rings. The molecule has 39 heavy (non-hydrogen) atoms. The number of methoxy groups -OCH3 is 1. The second-order valence-electron chi connectivity index (χ2n) is 9.51. The molecule has 0 bridgehead atoms. The number of hydrogen-bond acceptors (Lipinski definition) is 9. The van der Waals surface area contributed by atoms with Gasteiger partial charge in [-0.3, -0.25) is 14.4 Å². The van der Waals surface area contributed by atoms with Crippen LogP contribution in [0.1, 0.15) is 37.9 Å². The van der Waals surface area contributed by atoms with Crippen molar-refractivity contribution in [2.45, 2.75) is 58.2 Å². The molecule has 2 aromatic rings. The van der Waals surface area contributed by atoms with Crippen LogP contribution in [0.2, 0.25) is 0 Å². The van der Waals surface area contributed by atoms with Gasteiger partial charge in [-0.2, -0.15) is 4.98 Å². The lowest BCUT2D eigenvalue weighted by Gasteiger charge is -2.16. The predicted octanol–water partition coefficient (Wildman–Crippen LogP) is 2.02. The molecule has 2 aromatic heterocycles. The number of aliphatic imine (C=N–C) groups is 1. The number of rotatable bonds is 12. The molecule has 3 rings (SSSR count). The number of allylic oxidation sites excluding steroid dienone is 1. The number of alkyl carbamates (subject to hydrolysis) is 1. The Bertz CT molecular complexity index is 1330. The molecule has 3 heterocycles. The van der Waals surface area contributed by atoms with E-state index in [9.17, 15) is 19.2 Å². The topological polar surface area (TPSA) is 145 Å². The number of carbonyl (C=O) groups is 3. The van der Waals surface area contributed by atoms with Crippen LogP contribution in [-0.4, -0.2) is 76.3 Å². The molecule has 1 atom stereocenters. The first-order chi connectivity index (χ1) is 18.6. The number of carbonyl (C=O) groups excluding carboxylic acids is 3. The van der Waals surface area contributed by atoms with Crippen LogP contribution >= 0.6 is 0 Å². The minimum atomic E-state index is -0.892. The van der Waals surface area contributed by atoms with Gasteiger partial charge in [0.25, 0.3) is 5.56 Å². The predicted molar refractivity (Wildman–Crippen MR) is 144 cm³/mol. The van der Waals surface area contributed by atoms with E-state index in [0.717, 1.165) is 5.69 Å². The van der Waals surface area contributed by atoms with E-state index in [0.29, 0.717) is 30.1 Å². The second-order valence-corrected chi connectivity index (χ2v) is 9.51. The monoisotopic (exact) mass is 538 g/mol. The highest BCUT2D eigenvalue weighted by molar-refractivity contribution is 5.94. The molecule has 12 heteroatoms. The first-order valence-corrected chi connectivity index (χ1v) is 12.6. The summed E-state index contributed by atoms with van der Waals surface area (Å²) in [6, 6.07) is 2.39. The summed E-state index contributed by atoms with van der Waals surface area (Å²) in [5, 5.41) is 2.53. The maximum absolute atomic E-state index is 13.2. The number of likely N-dealkylation sites (N-methyl/N-ethyl adjacent to an activating group) is 1. The van der Waals surface area contributed by atoms with Crippen molar-refractivity contribution in [2.75, 3.05) is 21.2 Å². The van der Waals surface area contributed by atoms with Crippen LogP contribution in [0.25, 0.3) is 0 Å². The Labute approximate surface area is 226 Å². The quantitative estimate of drug-likeness (QED) is 0.404. The fourth-order valence-electron chi connectivity index (χ4n) is 3.89. The standard InChI is InChI=1S/C27H34N6O6/c1-17(2)39-25-24-21(28-16-29-25)14-19(30-24)15-33-12-8-9-18(26(33)36)13-22(34)20(31-27(37)38-5)10-6-7-11-23(35)32(3)4/h7-9,11-12,16-17,20H,6,10,13-15H2,1-5H3,(H,31,37)/b11-7+/t20-/m0/s1. The Morgan fingerprint density at radius 1 is 1.23 bits per heavy atom. The van der Waals surface area contributed by atoms with Gasteiger partial charge in [-0.1, -0.05) is 12.1 Å². The summed E-state index contributed by atoms with van der Waals surface area (Å²) in [6.07, 6.45) is 6.16. The van der Waals surface area contributed by atoms with E-state index >= 15 is 0 Å². The van der Waals surface area contributed by atoms with Crippen molar-refractivity contribution < 1.29 is 23.9 Å². The van der Waals surface area contributed by atoms with E-state index in [1.165, 1.54) is 29.0 Å². The molecule has 0 spiro atoms. The van der Waals surface area contributed by atoms with Crippen molar-refractivity contribution in [1.82, 2.24) is 24.8 Å². The highest BCUT2D eigenvalue weighted by Crippen LogP contribution is 2.33. The SMILES string of the molecule is COC(=O)N[C@@H](CC/C=C/C(=O)N(C)C)C(=O)Cc1cccn(CC2=Nc3c(ncnc3OC(C)C)C2)c1=O. The van der Waals surface area contributed by atoms with Crippen molar-refractivity contribution in [1.29, 1.82) is 0 Å². The molecule has 12 nitrogen and oxygen atoms in total. The smallest absolute Gasteiger partial charge is 0.407 e. The maximum atomic E-state index is 13.2. The van der Waals surface area contributed by atoms with Gasteiger partial charge in [0.15, 0.2) is 5.78 Å². The third-order valence-electron chi connectivity index (χ3n) is 5.86. The molecule has 2 amide bonds. The van der Waals surface area contributed by atoms with Crippen molar-refractivity contribution in [3.05, 3.63) is 58.4 Å². The van der Waals surface area contributed by atoms with Gasteiger partial charge >= 0.3 is 6.09 Å². The number of pyridine rings is 1. The number of nitrogens with zero attached hydrogens (tertiary/aromatic N) is 5. The summed E-state index contributed by atoms with van der Waals surface area (Å²) in [5.41, 5.74) is 1.97. The number of ketones is 1. The minimum absolute atomic E-state index is 0.0749. The van der Waals surface area contributed by atoms with Crippen molar-refractivity contribution >= 4 is 29.2 Å². The zero-order chi connectivity index (χ0) is 28.5. The van der Waals surface area contributed by atoms with Crippen molar-refractivity contribution in [3.8, 4) is 5.88 Å². The van der Waals surface area contributed by atoms with Gasteiger partial charge in [0.2, 0.25) is 11.8 Å². The lowest BCUT2D eigenvalue weighted by molar-refractivity contribution is -0.123. The number of amides is 2. The van der Waals surface area contributed by atoms with Crippen LogP contribution in [0.5, 0.6) is 5.88 Å². The molecule has 208 valence electrons. The Morgan fingerprint density at radius 3 is 2.69 bits per heavy atom. The Kier molecular flexibility index (Phi) is 10.1. The molecule has 0 radical (unpaired) electrons. The number of aromatic nitrogens is 3. The van der Waals surface area contributed by atoms with Crippen LogP contribution in [0, 0.1) is 0 Å². The first-order valence-electron chi connectivity index (χ1n) is 12.6. The molecular weight excluding hydrogens is 504 g/mol. The van der Waals surface area contributed by atoms with Crippen LogP contribution in [-0.2, 0) is 33.7 Å². The number of nitrogens with one attached hydrogen (secondary N) is 1. The van der Waals surface area contributed by atoms with Crippen LogP contribution in [0.3, 0.4) is 0 Å². The third-order valence-corrected chi connectivity index (χ3v) is 5.86. The van der Waals surface area contributed by atoms with Crippen LogP contribution in [0.15, 0.2) is 46.6 Å². The molecule has 0 unspecified atom stereocenters. The first kappa shape index (κ1) is 29.2. The van der Waals surface area contributed by atoms with E-state index in [1.807, 2.05) is 13.8 Å². The fraction of sp³-hybridized carbons (Fsp3) is 0.444. The summed E-state index contributed by atoms with van der Waals surface area (Å²) in [7, 11) is 4.47. The summed E-state index contributed by atoms with van der Waals surface area (Å²) in [6.45, 7) is 4.01. The Hall–Kier alpha value is -4.35. The summed E-state index contributed by atoms with van der Waals surface area (Å²) in [5.74, 6) is -0.130. The molecule has 0 saturated heterocycles. The number of hydrogen-bond donors (Lipinski definition) is 1. The molecule has 0 saturated carbocycles. The lowest BCUT2D eigenvalue weighted by Crippen LogP contribution is -2.42. The molecule has 0 aliphatic carbocycles. The lowest BCUT2D eigenvalue weighted by atomic mass is 10.0. The van der Waals surface area contributed by atoms with Crippen molar-refractivity contribution in [2.24, 2.45) is 4.99 Å². The normalized spacial score (nSPS) is 13.1. The zero-order valence-electron chi connectivity index (χ0n) is 22.8.